The third-order valence-corrected chi connectivity index (χ3v) is 7.83. The summed E-state index contributed by atoms with van der Waals surface area (Å²) in [6.45, 7) is 0.836. The minimum Gasteiger partial charge on any atom is -0.459 e. The van der Waals surface area contributed by atoms with E-state index in [1.165, 1.54) is 23.3 Å². The minimum absolute atomic E-state index is 0.152. The van der Waals surface area contributed by atoms with Crippen molar-refractivity contribution < 1.29 is 27.2 Å². The van der Waals surface area contributed by atoms with Crippen LogP contribution in [0.4, 0.5) is 11.4 Å². The van der Waals surface area contributed by atoms with Crippen molar-refractivity contribution in [3.8, 4) is 0 Å². The number of sulfone groups is 1. The first-order chi connectivity index (χ1) is 15.9. The first-order valence-electron chi connectivity index (χ1n) is 10.5. The van der Waals surface area contributed by atoms with E-state index in [-0.39, 0.29) is 16.2 Å². The van der Waals surface area contributed by atoms with Crippen molar-refractivity contribution in [2.45, 2.75) is 23.0 Å². The quantitative estimate of drug-likeness (QED) is 0.590. The summed E-state index contributed by atoms with van der Waals surface area (Å²) < 4.78 is 36.5. The second-order valence-corrected chi connectivity index (χ2v) is 9.93. The number of hydrogen-bond donors (Lipinski definition) is 1. The van der Waals surface area contributed by atoms with E-state index in [0.717, 1.165) is 0 Å². The van der Waals surface area contributed by atoms with Crippen LogP contribution in [0.3, 0.4) is 0 Å². The van der Waals surface area contributed by atoms with E-state index in [9.17, 15) is 18.0 Å². The molecule has 1 aliphatic rings. The monoisotopic (exact) mass is 468 g/mol. The second kappa shape index (κ2) is 9.60. The molecule has 0 atom stereocenters. The predicted octanol–water partition coefficient (Wildman–Crippen LogP) is 3.76. The standard InChI is InChI=1S/C24H24N2O6S/c1-26(24(28)22-10-5-13-32-22)21-9-3-2-8-20(21)23(27)25-17-6-4-7-19(16-17)33(29,30)18-11-14-31-15-12-18/h2-10,13,16,18H,11-12,14-15H2,1H3,(H,25,27). The Hall–Kier alpha value is -3.43. The van der Waals surface area contributed by atoms with Gasteiger partial charge in [0.15, 0.2) is 15.6 Å². The molecule has 3 aromatic rings. The lowest BCUT2D eigenvalue weighted by Crippen LogP contribution is -2.29. The van der Waals surface area contributed by atoms with E-state index < -0.39 is 26.9 Å². The average molecular weight is 469 g/mol. The summed E-state index contributed by atoms with van der Waals surface area (Å²) in [6.07, 6.45) is 2.30. The maximum absolute atomic E-state index is 13.1. The highest BCUT2D eigenvalue weighted by atomic mass is 32.2. The molecule has 33 heavy (non-hydrogen) atoms. The maximum atomic E-state index is 13.1. The highest BCUT2D eigenvalue weighted by Crippen LogP contribution is 2.27. The molecule has 2 amide bonds. The number of para-hydroxylation sites is 1. The molecule has 4 rings (SSSR count). The molecule has 9 heteroatoms. The average Bonchev–Trinajstić information content (AvgIpc) is 3.39. The summed E-state index contributed by atoms with van der Waals surface area (Å²) in [5.74, 6) is -0.714. The second-order valence-electron chi connectivity index (χ2n) is 7.70. The van der Waals surface area contributed by atoms with Gasteiger partial charge < -0.3 is 19.4 Å². The molecule has 1 aromatic heterocycles. The SMILES string of the molecule is CN(C(=O)c1ccco1)c1ccccc1C(=O)Nc1cccc(S(=O)(=O)C2CCOCC2)c1. The van der Waals surface area contributed by atoms with Gasteiger partial charge in [-0.05, 0) is 55.3 Å². The lowest BCUT2D eigenvalue weighted by molar-refractivity contribution is 0.0966. The zero-order valence-corrected chi connectivity index (χ0v) is 18.9. The van der Waals surface area contributed by atoms with E-state index in [4.69, 9.17) is 9.15 Å². The number of furan rings is 1. The highest BCUT2D eigenvalue weighted by Gasteiger charge is 2.29. The van der Waals surface area contributed by atoms with Gasteiger partial charge in [0.25, 0.3) is 11.8 Å². The van der Waals surface area contributed by atoms with Gasteiger partial charge in [-0.25, -0.2) is 8.42 Å². The van der Waals surface area contributed by atoms with Crippen molar-refractivity contribution in [3.63, 3.8) is 0 Å². The van der Waals surface area contributed by atoms with Crippen molar-refractivity contribution in [1.29, 1.82) is 0 Å². The molecule has 0 aliphatic carbocycles. The largest absolute Gasteiger partial charge is 0.459 e. The van der Waals surface area contributed by atoms with Crippen molar-refractivity contribution in [2.24, 2.45) is 0 Å². The number of nitrogens with one attached hydrogen (secondary N) is 1. The number of ether oxygens (including phenoxy) is 1. The number of hydrogen-bond acceptors (Lipinski definition) is 6. The molecule has 0 bridgehead atoms. The summed E-state index contributed by atoms with van der Waals surface area (Å²) in [4.78, 5) is 27.2. The Morgan fingerprint density at radius 3 is 2.48 bits per heavy atom. The molecule has 0 radical (unpaired) electrons. The lowest BCUT2D eigenvalue weighted by Gasteiger charge is -2.22. The zero-order valence-electron chi connectivity index (χ0n) is 18.1. The number of amides is 2. The Labute approximate surface area is 192 Å². The Bertz CT molecular complexity index is 1250. The third-order valence-electron chi connectivity index (χ3n) is 5.57. The summed E-state index contributed by atoms with van der Waals surface area (Å²) in [5.41, 5.74) is 1.00. The molecule has 1 aliphatic heterocycles. The lowest BCUT2D eigenvalue weighted by atomic mass is 10.1. The fraction of sp³-hybridized carbons (Fsp3) is 0.250. The van der Waals surface area contributed by atoms with Gasteiger partial charge in [-0.3, -0.25) is 9.59 Å². The van der Waals surface area contributed by atoms with Crippen molar-refractivity contribution in [3.05, 3.63) is 78.3 Å². The van der Waals surface area contributed by atoms with Gasteiger partial charge >= 0.3 is 0 Å². The Morgan fingerprint density at radius 2 is 1.76 bits per heavy atom. The number of benzene rings is 2. The minimum atomic E-state index is -3.54. The number of anilines is 2. The summed E-state index contributed by atoms with van der Waals surface area (Å²) in [7, 11) is -1.98. The van der Waals surface area contributed by atoms with Gasteiger partial charge in [0.1, 0.15) is 0 Å². The third kappa shape index (κ3) is 4.84. The first kappa shape index (κ1) is 22.8. The van der Waals surface area contributed by atoms with Gasteiger partial charge in [-0.15, -0.1) is 0 Å². The number of nitrogens with zero attached hydrogens (tertiary/aromatic N) is 1. The molecule has 1 fully saturated rings. The fourth-order valence-corrected chi connectivity index (χ4v) is 5.52. The Morgan fingerprint density at radius 1 is 1.00 bits per heavy atom. The van der Waals surface area contributed by atoms with Crippen molar-refractivity contribution in [2.75, 3.05) is 30.5 Å². The van der Waals surface area contributed by atoms with E-state index in [0.29, 0.717) is 37.4 Å². The summed E-state index contributed by atoms with van der Waals surface area (Å²) in [6, 6.07) is 16.0. The number of carbonyl (C=O) groups is 2. The van der Waals surface area contributed by atoms with Crippen LogP contribution in [-0.4, -0.2) is 45.7 Å². The summed E-state index contributed by atoms with van der Waals surface area (Å²) >= 11 is 0. The van der Waals surface area contributed by atoms with Crippen LogP contribution >= 0.6 is 0 Å². The van der Waals surface area contributed by atoms with Crippen LogP contribution in [0, 0.1) is 0 Å². The van der Waals surface area contributed by atoms with Crippen LogP contribution in [0.15, 0.2) is 76.2 Å². The van der Waals surface area contributed by atoms with E-state index in [1.807, 2.05) is 0 Å². The van der Waals surface area contributed by atoms with Gasteiger partial charge in [0.05, 0.1) is 27.7 Å². The zero-order chi connectivity index (χ0) is 23.4. The smallest absolute Gasteiger partial charge is 0.293 e. The first-order valence-corrected chi connectivity index (χ1v) is 12.1. The van der Waals surface area contributed by atoms with Crippen LogP contribution < -0.4 is 10.2 Å². The van der Waals surface area contributed by atoms with Crippen LogP contribution in [0.25, 0.3) is 0 Å². The topological polar surface area (TPSA) is 106 Å². The summed E-state index contributed by atoms with van der Waals surface area (Å²) in [5, 5.41) is 2.25. The molecule has 0 saturated carbocycles. The van der Waals surface area contributed by atoms with Crippen LogP contribution in [0.1, 0.15) is 33.8 Å². The molecular formula is C24H24N2O6S. The maximum Gasteiger partial charge on any atom is 0.293 e. The van der Waals surface area contributed by atoms with Gasteiger partial charge in [-0.2, -0.15) is 0 Å². The molecule has 1 saturated heterocycles. The Kier molecular flexibility index (Phi) is 6.62. The van der Waals surface area contributed by atoms with Crippen molar-refractivity contribution >= 4 is 33.0 Å². The Balaban J connectivity index is 1.56. The molecular weight excluding hydrogens is 444 g/mol. The predicted molar refractivity (Wildman–Crippen MR) is 123 cm³/mol. The van der Waals surface area contributed by atoms with Gasteiger partial charge in [0, 0.05) is 25.9 Å². The van der Waals surface area contributed by atoms with E-state index >= 15 is 0 Å². The van der Waals surface area contributed by atoms with Crippen molar-refractivity contribution in [1.82, 2.24) is 0 Å². The van der Waals surface area contributed by atoms with Crippen LogP contribution in [0.5, 0.6) is 0 Å². The van der Waals surface area contributed by atoms with Crippen LogP contribution in [0.2, 0.25) is 0 Å². The molecule has 0 spiro atoms. The van der Waals surface area contributed by atoms with E-state index in [2.05, 4.69) is 5.32 Å². The number of rotatable bonds is 6. The van der Waals surface area contributed by atoms with Crippen LogP contribution in [-0.2, 0) is 14.6 Å². The van der Waals surface area contributed by atoms with Gasteiger partial charge in [-0.1, -0.05) is 18.2 Å². The molecule has 0 unspecified atom stereocenters. The van der Waals surface area contributed by atoms with E-state index in [1.54, 1.807) is 55.6 Å². The fourth-order valence-electron chi connectivity index (χ4n) is 3.76. The molecule has 2 aromatic carbocycles. The molecule has 2 heterocycles. The highest BCUT2D eigenvalue weighted by molar-refractivity contribution is 7.92. The molecule has 8 nitrogen and oxygen atoms in total. The van der Waals surface area contributed by atoms with Gasteiger partial charge in [0.2, 0.25) is 0 Å². The number of carbonyl (C=O) groups excluding carboxylic acids is 2. The molecule has 1 N–H and O–H groups in total. The molecule has 172 valence electrons. The normalized spacial score (nSPS) is 14.6.